The Labute approximate surface area is 644 Å². The van der Waals surface area contributed by atoms with Crippen molar-refractivity contribution in [2.45, 2.75) is 181 Å². The molecule has 0 aliphatic heterocycles. The molecule has 0 spiro atoms. The molecule has 572 valence electrons. The Hall–Kier alpha value is -9.56. The lowest BCUT2D eigenvalue weighted by Gasteiger charge is -2.25. The van der Waals surface area contributed by atoms with E-state index < -0.39 is 178 Å². The molecular formula is C77H114BN14O12P. The van der Waals surface area contributed by atoms with Crippen molar-refractivity contribution in [3.63, 3.8) is 0 Å². The van der Waals surface area contributed by atoms with Crippen molar-refractivity contribution in [2.24, 2.45) is 85.3 Å². The normalized spacial score (nSPS) is 16.3. The standard InChI is InChI=1S/C42H57N7O7.C34H51N7O5.CH4.BH2P/c1-27-20-33(50)21-28(2)34(27)23-32(25-38(52)36(17-11-19-47-41(45)46)49-42(55)56-26-30-14-7-4-8-15-30)40(54)48-35(16-9-10-18-43)37(51)24-31(39(44)53)22-29-12-5-3-6-13-29;1-21-15-26(42)16-22(2)27(21)18-25(20-30(43)28(36)11-8-14-40-34(38)39)33(46)41-29(12-6-7-13-35)31(44)19-24(32(37)45)17-23-9-4-3-5-10-23;;1-2/h3-8,12-15,20-21,31-32,35-36,50H,9-11,16-19,22-26,43H2,1-2H3,(H2,44,53)(H,48,54)(H,49,55)(H4,45,46,47);3-5,9-10,15-16,24-25,28-29,42H,6-8,11-14,17-20,35-36H2,1-2H3,(H2,37,45)(H,41,46)(H4,38,39,40);1H4;2H2/t31-,32-,35+,36-;24-,25-,28-,29+;;/m11../s1/i9D2,10D2,16D2,18D2;6D2,7D2,12D2,13D2;;. The fourth-order valence-electron chi connectivity index (χ4n) is 11.0. The highest BCUT2D eigenvalue weighted by Gasteiger charge is 2.35. The van der Waals surface area contributed by atoms with E-state index >= 15 is 0 Å². The lowest BCUT2D eigenvalue weighted by atomic mass is 9.86. The van der Waals surface area contributed by atoms with Gasteiger partial charge in [0.05, 0.1) is 31.7 Å². The number of carbonyl (C=O) groups is 9. The SMILES string of the molecule is C.[2H]C([2H])(N)C([2H])([2H])C([2H])([2H])C([2H])([2H])[C@H](NC(=O)[C@@H](CC(=O)[C@@H](CCCN=C(N)N)NC(=O)OCc1ccccc1)Cc1c(C)cc(O)cc1C)C(=O)C[C@@H](Cc1ccccc1)C(N)=O.[2H]C([2H])(N)C([2H])([2H])C([2H])([2H])C([2H])([2H])[C@H](NC(=O)[C@@H](CC(=O)[C@H](N)CCCN=C(N)N)Cc1c(C)cc(O)cc1C)C(=O)C[C@@H](Cc1ccccc1)C(N)=O.[B]P. The summed E-state index contributed by atoms with van der Waals surface area (Å²) in [5, 5.41) is 27.3. The number of primary amides is 2. The number of phenolic OH excluding ortho intramolecular Hbond substituents is 2. The van der Waals surface area contributed by atoms with Gasteiger partial charge in [-0.15, -0.1) is 0 Å². The first-order chi connectivity index (χ1) is 55.4. The Morgan fingerprint density at radius 1 is 0.486 bits per heavy atom. The van der Waals surface area contributed by atoms with Crippen LogP contribution in [-0.2, 0) is 75.4 Å². The number of nitrogens with one attached hydrogen (secondary N) is 3. The van der Waals surface area contributed by atoms with E-state index in [1.54, 1.807) is 119 Å². The summed E-state index contributed by atoms with van der Waals surface area (Å²) >= 11 is 0. The second kappa shape index (κ2) is 50.0. The molecule has 5 aromatic carbocycles. The summed E-state index contributed by atoms with van der Waals surface area (Å²) < 4.78 is 139. The molecule has 5 amide bonds. The molecule has 5 aromatic rings. The molecule has 0 aliphatic carbocycles. The predicted octanol–water partition coefficient (Wildman–Crippen LogP) is 5.40. The summed E-state index contributed by atoms with van der Waals surface area (Å²) in [6, 6.07) is 23.3. The number of guanidine groups is 2. The molecule has 105 heavy (non-hydrogen) atoms. The number of hydrogen-bond donors (Lipinski definition) is 14. The summed E-state index contributed by atoms with van der Waals surface area (Å²) in [6.07, 6.45) is -27.2. The molecule has 0 aromatic heterocycles. The lowest BCUT2D eigenvalue weighted by molar-refractivity contribution is -0.134. The lowest BCUT2D eigenvalue weighted by Crippen LogP contribution is -2.47. The van der Waals surface area contributed by atoms with Crippen LogP contribution in [0.25, 0.3) is 0 Å². The van der Waals surface area contributed by atoms with E-state index in [1.807, 2.05) is 9.12 Å². The van der Waals surface area contributed by atoms with Crippen LogP contribution in [0.1, 0.15) is 169 Å². The van der Waals surface area contributed by atoms with Crippen molar-refractivity contribution in [1.82, 2.24) is 16.0 Å². The van der Waals surface area contributed by atoms with Gasteiger partial charge in [-0.05, 0) is 205 Å². The molecule has 0 saturated carbocycles. The van der Waals surface area contributed by atoms with Crippen LogP contribution in [0.15, 0.2) is 125 Å². The Morgan fingerprint density at radius 2 is 0.829 bits per heavy atom. The van der Waals surface area contributed by atoms with Gasteiger partial charge in [-0.1, -0.05) is 98.4 Å². The molecule has 0 aliphatic rings. The zero-order chi connectivity index (χ0) is 91.6. The van der Waals surface area contributed by atoms with Crippen molar-refractivity contribution in [2.75, 3.05) is 26.1 Å². The first kappa shape index (κ1) is 67.3. The fraction of sp³-hybridized carbons (Fsp3) is 0.468. The van der Waals surface area contributed by atoms with Gasteiger partial charge in [0.2, 0.25) is 23.6 Å². The van der Waals surface area contributed by atoms with Gasteiger partial charge >= 0.3 is 6.09 Å². The van der Waals surface area contributed by atoms with E-state index in [2.05, 4.69) is 33.5 Å². The van der Waals surface area contributed by atoms with Crippen LogP contribution in [-0.4, -0.2) is 133 Å². The van der Waals surface area contributed by atoms with Gasteiger partial charge in [-0.25, -0.2) is 4.79 Å². The first-order valence-electron chi connectivity index (χ1n) is 41.1. The molecule has 9 atom stereocenters. The number of ketones is 4. The summed E-state index contributed by atoms with van der Waals surface area (Å²) in [7, 11) is 6.33. The molecule has 26 nitrogen and oxygen atoms in total. The van der Waals surface area contributed by atoms with Gasteiger partial charge in [0.25, 0.3) is 0 Å². The average molecular weight is 1490 g/mol. The maximum Gasteiger partial charge on any atom is 0.408 e. The predicted molar refractivity (Wildman–Crippen MR) is 417 cm³/mol. The molecular weight excluding hydrogens is 1350 g/mol. The van der Waals surface area contributed by atoms with E-state index in [9.17, 15) is 53.4 Å². The minimum Gasteiger partial charge on any atom is -0.508 e. The third-order valence-corrected chi connectivity index (χ3v) is 16.4. The fourth-order valence-corrected chi connectivity index (χ4v) is 11.0. The highest BCUT2D eigenvalue weighted by atomic mass is 31.0. The van der Waals surface area contributed by atoms with Crippen molar-refractivity contribution >= 4 is 81.5 Å². The van der Waals surface area contributed by atoms with E-state index in [4.69, 9.17) is 78.3 Å². The maximum absolute atomic E-state index is 14.7. The van der Waals surface area contributed by atoms with Gasteiger partial charge in [0.15, 0.2) is 29.3 Å². The number of Topliss-reactive ketones (excluding diaryl/α,β-unsaturated/α-hetero) is 4. The number of aliphatic imine (C=N–C) groups is 2. The summed E-state index contributed by atoms with van der Waals surface area (Å²) in [4.78, 5) is 131. The van der Waals surface area contributed by atoms with E-state index in [1.165, 1.54) is 24.3 Å². The molecule has 5 rings (SSSR count). The van der Waals surface area contributed by atoms with Crippen molar-refractivity contribution < 1.29 is 80.0 Å². The first-order valence-corrected chi connectivity index (χ1v) is 33.8. The number of hydrogen-bond acceptors (Lipinski definition) is 17. The number of rotatable bonds is 45. The van der Waals surface area contributed by atoms with E-state index in [-0.39, 0.29) is 95.5 Å². The Morgan fingerprint density at radius 3 is 1.19 bits per heavy atom. The van der Waals surface area contributed by atoms with Crippen LogP contribution in [0.3, 0.4) is 0 Å². The van der Waals surface area contributed by atoms with Gasteiger partial charge in [-0.2, -0.15) is 9.12 Å². The Kier molecular flexibility index (Phi) is 32.1. The van der Waals surface area contributed by atoms with Crippen LogP contribution in [0, 0.1) is 51.4 Å². The highest BCUT2D eigenvalue weighted by molar-refractivity contribution is 7.49. The third kappa shape index (κ3) is 35.2. The largest absolute Gasteiger partial charge is 0.508 e. The topological polar surface area (TPSA) is 498 Å². The molecule has 28 heteroatoms. The summed E-state index contributed by atoms with van der Waals surface area (Å²) in [6.45, 7) is -0.408. The monoisotopic (exact) mass is 1480 g/mol. The molecule has 0 bridgehead atoms. The number of amides is 5. The maximum atomic E-state index is 14.7. The second-order valence-electron chi connectivity index (χ2n) is 24.4. The minimum atomic E-state index is -3.96. The number of benzene rings is 5. The van der Waals surface area contributed by atoms with Crippen molar-refractivity contribution in [3.8, 4) is 11.5 Å². The van der Waals surface area contributed by atoms with Gasteiger partial charge in [0.1, 0.15) is 23.9 Å². The number of phenols is 2. The number of alkyl carbamates (subject to hydrolysis) is 1. The smallest absolute Gasteiger partial charge is 0.408 e. The molecule has 1 unspecified atom stereocenters. The van der Waals surface area contributed by atoms with Crippen LogP contribution >= 0.6 is 9.12 Å². The number of aromatic hydroxyl groups is 2. The van der Waals surface area contributed by atoms with Crippen molar-refractivity contribution in [1.29, 1.82) is 0 Å². The zero-order valence-electron chi connectivity index (χ0n) is 74.9. The quantitative estimate of drug-likeness (QED) is 0.00762. The van der Waals surface area contributed by atoms with Gasteiger partial charge in [0, 0.05) is 84.4 Å². The van der Waals surface area contributed by atoms with Gasteiger partial charge < -0.3 is 82.5 Å². The molecule has 0 saturated heterocycles. The van der Waals surface area contributed by atoms with E-state index in [0.717, 1.165) is 0 Å². The number of ether oxygens (including phenoxy) is 1. The second-order valence-corrected chi connectivity index (χ2v) is 24.4. The zero-order valence-corrected chi connectivity index (χ0v) is 60.1. The highest BCUT2D eigenvalue weighted by Crippen LogP contribution is 2.29. The van der Waals surface area contributed by atoms with Crippen molar-refractivity contribution in [3.05, 3.63) is 165 Å². The van der Waals surface area contributed by atoms with E-state index in [0.29, 0.717) is 56.5 Å². The Bertz CT molecular complexity index is 4340. The van der Waals surface area contributed by atoms with Crippen LogP contribution in [0.4, 0.5) is 4.79 Å². The third-order valence-electron chi connectivity index (χ3n) is 16.4. The molecule has 2 radical (unpaired) electrons. The number of carbonyl (C=O) groups excluding carboxylic acids is 9. The molecule has 0 fully saturated rings. The molecule has 0 heterocycles. The van der Waals surface area contributed by atoms with Crippen LogP contribution in [0.5, 0.6) is 11.5 Å². The van der Waals surface area contributed by atoms with Gasteiger partial charge in [-0.3, -0.25) is 48.3 Å². The molecule has 23 N–H and O–H groups in total. The number of nitrogens with zero attached hydrogens (tertiary/aromatic N) is 2. The number of aryl methyl sites for hydroxylation is 4. The summed E-state index contributed by atoms with van der Waals surface area (Å²) in [5.41, 5.74) is 54.5. The Balaban J connectivity index is 0.000000808. The number of nitrogens with two attached hydrogens (primary N) is 9. The summed E-state index contributed by atoms with van der Waals surface area (Å²) in [5.74, 6) is -14.3. The minimum absolute atomic E-state index is 0. The van der Waals surface area contributed by atoms with Crippen LogP contribution < -0.4 is 67.6 Å². The average Bonchev–Trinajstić information content (AvgIpc) is 0.734. The van der Waals surface area contributed by atoms with Crippen LogP contribution in [0.2, 0.25) is 0 Å².